The van der Waals surface area contributed by atoms with Gasteiger partial charge in [0.05, 0.1) is 16.8 Å². The summed E-state index contributed by atoms with van der Waals surface area (Å²) in [5.41, 5.74) is 30.8. The van der Waals surface area contributed by atoms with Gasteiger partial charge in [0.25, 0.3) is 0 Å². The van der Waals surface area contributed by atoms with Crippen LogP contribution in [-0.2, 0) is 37.5 Å². The third-order valence-corrected chi connectivity index (χ3v) is 16.0. The maximum atomic E-state index is 3.73. The summed E-state index contributed by atoms with van der Waals surface area (Å²) >= 11 is 0. The van der Waals surface area contributed by atoms with Gasteiger partial charge in [-0.3, -0.25) is 0 Å². The Morgan fingerprint density at radius 2 is 0.857 bits per heavy atom. The molecule has 3 heteroatoms. The molecule has 352 valence electrons. The molecule has 0 heterocycles. The van der Waals surface area contributed by atoms with E-state index in [1.807, 2.05) is 0 Å². The molecule has 8 aromatic carbocycles. The lowest BCUT2D eigenvalue weighted by atomic mass is 9.65. The lowest BCUT2D eigenvalue weighted by molar-refractivity contribution is 0.740. The average molecular weight is 916 g/mol. The second-order valence-corrected chi connectivity index (χ2v) is 20.9. The maximum absolute atomic E-state index is 3.73. The summed E-state index contributed by atoms with van der Waals surface area (Å²) in [6, 6.07) is 57.7. The van der Waals surface area contributed by atoms with Gasteiger partial charge in [-0.15, -0.1) is 0 Å². The number of anilines is 7. The molecule has 11 rings (SSSR count). The van der Waals surface area contributed by atoms with Crippen molar-refractivity contribution >= 4 is 39.8 Å². The summed E-state index contributed by atoms with van der Waals surface area (Å²) in [5.74, 6) is 0. The molecule has 3 nitrogen and oxygen atoms in total. The van der Waals surface area contributed by atoms with Crippen LogP contribution in [0.15, 0.2) is 146 Å². The van der Waals surface area contributed by atoms with Crippen molar-refractivity contribution in [3.63, 3.8) is 0 Å². The fraction of sp³-hybridized carbons (Fsp3) is 0.284. The molecular formula is C67H69N3. The molecule has 0 amide bonds. The smallest absolute Gasteiger partial charge is 0.0715 e. The number of fused-ring (bicyclic) bond motifs is 5. The number of nitrogens with one attached hydrogen (secondary N) is 1. The molecule has 3 aliphatic carbocycles. The number of unbranched alkanes of at least 4 members (excludes halogenated alkanes) is 2. The minimum absolute atomic E-state index is 0.588. The third-order valence-electron chi connectivity index (χ3n) is 16.0. The van der Waals surface area contributed by atoms with Crippen LogP contribution in [0.5, 0.6) is 0 Å². The first-order valence-corrected chi connectivity index (χ1v) is 26.3. The van der Waals surface area contributed by atoms with Crippen LogP contribution < -0.4 is 15.1 Å². The Hall–Kier alpha value is -6.84. The zero-order valence-electron chi connectivity index (χ0n) is 42.8. The van der Waals surface area contributed by atoms with E-state index in [1.54, 1.807) is 0 Å². The van der Waals surface area contributed by atoms with E-state index in [0.717, 1.165) is 50.8 Å². The number of aryl methyl sites for hydroxylation is 11. The monoisotopic (exact) mass is 916 g/mol. The van der Waals surface area contributed by atoms with Gasteiger partial charge in [0.15, 0.2) is 0 Å². The molecular weight excluding hydrogens is 847 g/mol. The Morgan fingerprint density at radius 1 is 0.429 bits per heavy atom. The van der Waals surface area contributed by atoms with Crippen molar-refractivity contribution in [2.24, 2.45) is 0 Å². The zero-order chi connectivity index (χ0) is 48.3. The van der Waals surface area contributed by atoms with E-state index in [0.29, 0.717) is 0 Å². The van der Waals surface area contributed by atoms with E-state index >= 15 is 0 Å². The lowest BCUT2D eigenvalue weighted by Crippen LogP contribution is -2.31. The highest BCUT2D eigenvalue weighted by molar-refractivity contribution is 5.93. The minimum atomic E-state index is -0.588. The third kappa shape index (κ3) is 7.83. The van der Waals surface area contributed by atoms with Gasteiger partial charge in [-0.1, -0.05) is 123 Å². The molecule has 8 aromatic rings. The quantitative estimate of drug-likeness (QED) is 0.103. The lowest BCUT2D eigenvalue weighted by Gasteiger charge is -2.38. The van der Waals surface area contributed by atoms with Gasteiger partial charge >= 0.3 is 0 Å². The van der Waals surface area contributed by atoms with Crippen LogP contribution in [0.3, 0.4) is 0 Å². The highest BCUT2D eigenvalue weighted by atomic mass is 15.2. The van der Waals surface area contributed by atoms with Gasteiger partial charge in [-0.25, -0.2) is 0 Å². The van der Waals surface area contributed by atoms with Crippen molar-refractivity contribution in [2.75, 3.05) is 21.7 Å². The molecule has 1 N–H and O–H groups in total. The highest BCUT2D eigenvalue weighted by Crippen LogP contribution is 2.59. The fourth-order valence-corrected chi connectivity index (χ4v) is 12.2. The van der Waals surface area contributed by atoms with Crippen LogP contribution in [0.25, 0.3) is 11.1 Å². The van der Waals surface area contributed by atoms with E-state index in [-0.39, 0.29) is 0 Å². The molecule has 0 bridgehead atoms. The first kappa shape index (κ1) is 45.6. The Kier molecular flexibility index (Phi) is 12.0. The van der Waals surface area contributed by atoms with E-state index in [2.05, 4.69) is 216 Å². The van der Waals surface area contributed by atoms with E-state index in [4.69, 9.17) is 0 Å². The number of benzene rings is 8. The first-order valence-electron chi connectivity index (χ1n) is 26.3. The van der Waals surface area contributed by atoms with E-state index in [9.17, 15) is 0 Å². The molecule has 0 saturated heterocycles. The van der Waals surface area contributed by atoms with Crippen LogP contribution in [0, 0.1) is 41.5 Å². The van der Waals surface area contributed by atoms with Crippen molar-refractivity contribution in [1.29, 1.82) is 0 Å². The Morgan fingerprint density at radius 3 is 1.27 bits per heavy atom. The molecule has 0 unspecified atom stereocenters. The summed E-state index contributed by atoms with van der Waals surface area (Å²) < 4.78 is 0. The molecule has 70 heavy (non-hydrogen) atoms. The van der Waals surface area contributed by atoms with Crippen molar-refractivity contribution in [3.8, 4) is 11.1 Å². The predicted octanol–water partition coefficient (Wildman–Crippen LogP) is 17.6. The molecule has 0 atom stereocenters. The molecule has 0 aliphatic heterocycles. The number of rotatable bonds is 15. The van der Waals surface area contributed by atoms with E-state index < -0.39 is 5.41 Å². The van der Waals surface area contributed by atoms with Crippen LogP contribution in [0.2, 0.25) is 0 Å². The predicted molar refractivity (Wildman–Crippen MR) is 298 cm³/mol. The van der Waals surface area contributed by atoms with Crippen LogP contribution in [0.1, 0.15) is 123 Å². The summed E-state index contributed by atoms with van der Waals surface area (Å²) in [5, 5.41) is 3.73. The van der Waals surface area contributed by atoms with Crippen LogP contribution >= 0.6 is 0 Å². The van der Waals surface area contributed by atoms with Crippen molar-refractivity contribution in [3.05, 3.63) is 229 Å². The molecule has 0 radical (unpaired) electrons. The van der Waals surface area contributed by atoms with Crippen LogP contribution in [-0.4, -0.2) is 6.54 Å². The minimum Gasteiger partial charge on any atom is -0.385 e. The van der Waals surface area contributed by atoms with Crippen molar-refractivity contribution in [1.82, 2.24) is 0 Å². The largest absolute Gasteiger partial charge is 0.385 e. The topological polar surface area (TPSA) is 18.5 Å². The SMILES string of the molecule is CCCCNc1cc(C)c(N(c2ccc(C)cc2)c2ccc3c(c2)C(c2ccc4c(c2)CC4)(c2ccc4c(c2)CC4)c2cc(N(c4ccc(C)cc4)c4c(C)cc(CCCC)cc4C)ccc2-3)c(C)c1. The van der Waals surface area contributed by atoms with Gasteiger partial charge in [0.1, 0.15) is 0 Å². The highest BCUT2D eigenvalue weighted by Gasteiger charge is 2.48. The normalized spacial score (nSPS) is 13.7. The molecule has 0 saturated carbocycles. The van der Waals surface area contributed by atoms with Gasteiger partial charge in [-0.2, -0.15) is 0 Å². The molecule has 0 fully saturated rings. The second kappa shape index (κ2) is 18.5. The van der Waals surface area contributed by atoms with E-state index in [1.165, 1.54) is 148 Å². The summed E-state index contributed by atoms with van der Waals surface area (Å²) in [6.45, 7) is 19.1. The summed E-state index contributed by atoms with van der Waals surface area (Å²) in [7, 11) is 0. The summed E-state index contributed by atoms with van der Waals surface area (Å²) in [6.07, 6.45) is 10.4. The van der Waals surface area contributed by atoms with Crippen molar-refractivity contribution < 1.29 is 0 Å². The zero-order valence-corrected chi connectivity index (χ0v) is 42.8. The molecule has 0 aromatic heterocycles. The standard InChI is InChI=1S/C67H69N3/c1-9-11-13-49-35-45(5)65(46(6)36-49)69(57-26-14-43(3)15-27-57)59-30-32-61-62-33-31-60(70(58-28-16-44(4)17-29-58)66-47(7)37-56(38-48(66)8)68-34-12-10-2)42-64(62)67(63(61)41-59,54-24-22-50-18-20-52(50)39-54)55-25-23-51-19-21-53(51)40-55/h14-17,22-33,35-42,68H,9-13,18-21,34H2,1-8H3. The Labute approximate surface area is 418 Å². The van der Waals surface area contributed by atoms with Crippen LogP contribution in [0.4, 0.5) is 39.8 Å². The molecule has 0 spiro atoms. The average Bonchev–Trinajstić information content (AvgIpc) is 3.62. The Bertz CT molecular complexity index is 3180. The fourth-order valence-electron chi connectivity index (χ4n) is 12.2. The number of hydrogen-bond acceptors (Lipinski definition) is 3. The molecule has 3 aliphatic rings. The van der Waals surface area contributed by atoms with Gasteiger partial charge in [0, 0.05) is 35.0 Å². The van der Waals surface area contributed by atoms with Gasteiger partial charge < -0.3 is 15.1 Å². The maximum Gasteiger partial charge on any atom is 0.0715 e. The summed E-state index contributed by atoms with van der Waals surface area (Å²) in [4.78, 5) is 5.08. The number of nitrogens with zero attached hydrogens (tertiary/aromatic N) is 2. The van der Waals surface area contributed by atoms with Crippen molar-refractivity contribution in [2.45, 2.75) is 119 Å². The van der Waals surface area contributed by atoms with Gasteiger partial charge in [-0.05, 0) is 231 Å². The first-order chi connectivity index (χ1) is 34.0. The second-order valence-electron chi connectivity index (χ2n) is 20.9. The number of hydrogen-bond donors (Lipinski definition) is 1. The Balaban J connectivity index is 1.17. The van der Waals surface area contributed by atoms with Gasteiger partial charge in [0.2, 0.25) is 0 Å².